The first-order chi connectivity index (χ1) is 8.19. The van der Waals surface area contributed by atoms with Crippen LogP contribution in [0.4, 0.5) is 0 Å². The fraction of sp³-hybridized carbons (Fsp3) is 0.923. The molecule has 0 aromatic heterocycles. The van der Waals surface area contributed by atoms with Crippen molar-refractivity contribution in [3.05, 3.63) is 0 Å². The average molecular weight is 243 g/mol. The lowest BCUT2D eigenvalue weighted by atomic mass is 9.97. The largest absolute Gasteiger partial charge is 0.466 e. The number of hydrogen-bond donors (Lipinski definition) is 2. The van der Waals surface area contributed by atoms with Crippen molar-refractivity contribution in [3.8, 4) is 0 Å². The molecule has 0 aliphatic heterocycles. The number of aliphatic hydroxyl groups excluding tert-OH is 1. The molecule has 1 fully saturated rings. The number of rotatable bonds is 7. The zero-order chi connectivity index (χ0) is 12.7. The molecule has 0 saturated heterocycles. The lowest BCUT2D eigenvalue weighted by Gasteiger charge is -2.19. The van der Waals surface area contributed by atoms with Gasteiger partial charge in [0.25, 0.3) is 0 Å². The van der Waals surface area contributed by atoms with Crippen molar-refractivity contribution in [1.82, 2.24) is 5.32 Å². The lowest BCUT2D eigenvalue weighted by molar-refractivity contribution is -0.147. The van der Waals surface area contributed by atoms with E-state index in [0.717, 1.165) is 13.0 Å². The Labute approximate surface area is 104 Å². The van der Waals surface area contributed by atoms with E-state index in [-0.39, 0.29) is 11.9 Å². The minimum Gasteiger partial charge on any atom is -0.466 e. The van der Waals surface area contributed by atoms with Crippen LogP contribution in [0.5, 0.6) is 0 Å². The molecule has 4 heteroatoms. The first-order valence-electron chi connectivity index (χ1n) is 6.67. The van der Waals surface area contributed by atoms with E-state index in [9.17, 15) is 9.90 Å². The summed E-state index contributed by atoms with van der Waals surface area (Å²) in [7, 11) is 0. The molecule has 0 radical (unpaired) electrons. The molecule has 1 aliphatic rings. The summed E-state index contributed by atoms with van der Waals surface area (Å²) in [6, 6.07) is 0. The van der Waals surface area contributed by atoms with Gasteiger partial charge in [-0.05, 0) is 38.1 Å². The highest BCUT2D eigenvalue weighted by Crippen LogP contribution is 2.30. The van der Waals surface area contributed by atoms with Gasteiger partial charge in [0.05, 0.1) is 12.5 Å². The number of ether oxygens (including phenoxy) is 1. The van der Waals surface area contributed by atoms with Gasteiger partial charge in [-0.25, -0.2) is 0 Å². The van der Waals surface area contributed by atoms with Gasteiger partial charge < -0.3 is 15.2 Å². The molecule has 2 N–H and O–H groups in total. The van der Waals surface area contributed by atoms with Crippen molar-refractivity contribution in [2.75, 3.05) is 26.3 Å². The zero-order valence-corrected chi connectivity index (χ0v) is 10.9. The van der Waals surface area contributed by atoms with Crippen LogP contribution in [-0.4, -0.2) is 37.4 Å². The van der Waals surface area contributed by atoms with Gasteiger partial charge in [-0.2, -0.15) is 0 Å². The van der Waals surface area contributed by atoms with Gasteiger partial charge in [-0.15, -0.1) is 0 Å². The Morgan fingerprint density at radius 1 is 1.47 bits per heavy atom. The van der Waals surface area contributed by atoms with Crippen LogP contribution in [0.3, 0.4) is 0 Å². The Morgan fingerprint density at radius 3 is 2.82 bits per heavy atom. The predicted molar refractivity (Wildman–Crippen MR) is 66.6 cm³/mol. The summed E-state index contributed by atoms with van der Waals surface area (Å²) in [5.74, 6) is 0.781. The molecule has 4 nitrogen and oxygen atoms in total. The number of esters is 1. The molecule has 0 bridgehead atoms. The van der Waals surface area contributed by atoms with Gasteiger partial charge in [0.1, 0.15) is 0 Å². The molecular weight excluding hydrogens is 218 g/mol. The van der Waals surface area contributed by atoms with Crippen molar-refractivity contribution in [2.24, 2.45) is 17.8 Å². The maximum absolute atomic E-state index is 11.4. The van der Waals surface area contributed by atoms with Gasteiger partial charge in [0.15, 0.2) is 0 Å². The molecule has 0 amide bonds. The summed E-state index contributed by atoms with van der Waals surface area (Å²) < 4.78 is 4.95. The Bertz CT molecular complexity index is 233. The van der Waals surface area contributed by atoms with Gasteiger partial charge in [-0.1, -0.05) is 13.3 Å². The molecule has 0 heterocycles. The number of aliphatic hydroxyl groups is 1. The van der Waals surface area contributed by atoms with E-state index in [2.05, 4.69) is 5.32 Å². The molecule has 3 atom stereocenters. The number of carbonyl (C=O) groups is 1. The molecule has 1 aliphatic carbocycles. The fourth-order valence-electron chi connectivity index (χ4n) is 2.48. The molecule has 100 valence electrons. The molecule has 0 spiro atoms. The van der Waals surface area contributed by atoms with Crippen LogP contribution in [-0.2, 0) is 9.53 Å². The van der Waals surface area contributed by atoms with E-state index < -0.39 is 0 Å². The maximum atomic E-state index is 11.4. The molecular formula is C13H25NO3. The summed E-state index contributed by atoms with van der Waals surface area (Å²) in [5, 5.41) is 12.5. The Balaban J connectivity index is 2.16. The van der Waals surface area contributed by atoms with Crippen LogP contribution >= 0.6 is 0 Å². The third kappa shape index (κ3) is 4.64. The second-order valence-corrected chi connectivity index (χ2v) is 4.94. The molecule has 17 heavy (non-hydrogen) atoms. The number of hydrogen-bond acceptors (Lipinski definition) is 4. The normalized spacial score (nSPS) is 25.8. The van der Waals surface area contributed by atoms with E-state index in [4.69, 9.17) is 4.74 Å². The summed E-state index contributed by atoms with van der Waals surface area (Å²) in [4.78, 5) is 11.4. The highest BCUT2D eigenvalue weighted by Gasteiger charge is 2.26. The van der Waals surface area contributed by atoms with E-state index in [0.29, 0.717) is 31.6 Å². The van der Waals surface area contributed by atoms with E-state index in [1.807, 2.05) is 13.8 Å². The summed E-state index contributed by atoms with van der Waals surface area (Å²) in [5.41, 5.74) is 0. The van der Waals surface area contributed by atoms with Crippen molar-refractivity contribution < 1.29 is 14.6 Å². The quantitative estimate of drug-likeness (QED) is 0.659. The molecule has 1 saturated carbocycles. The fourth-order valence-corrected chi connectivity index (χ4v) is 2.48. The smallest absolute Gasteiger partial charge is 0.309 e. The molecule has 0 aromatic carbocycles. The van der Waals surface area contributed by atoms with E-state index in [1.54, 1.807) is 0 Å². The van der Waals surface area contributed by atoms with Gasteiger partial charge in [0, 0.05) is 13.2 Å². The van der Waals surface area contributed by atoms with Crippen molar-refractivity contribution >= 4 is 5.97 Å². The van der Waals surface area contributed by atoms with Crippen molar-refractivity contribution in [1.29, 1.82) is 0 Å². The van der Waals surface area contributed by atoms with Crippen molar-refractivity contribution in [3.63, 3.8) is 0 Å². The van der Waals surface area contributed by atoms with Crippen LogP contribution in [0.1, 0.15) is 33.1 Å². The third-order valence-electron chi connectivity index (χ3n) is 3.60. The van der Waals surface area contributed by atoms with Crippen LogP contribution in [0.25, 0.3) is 0 Å². The SMILES string of the molecule is CCOC(=O)C(C)CNCC1CCCC1CO. The van der Waals surface area contributed by atoms with Crippen LogP contribution in [0.15, 0.2) is 0 Å². The average Bonchev–Trinajstić information content (AvgIpc) is 2.76. The minimum absolute atomic E-state index is 0.0936. The first kappa shape index (κ1) is 14.5. The minimum atomic E-state index is -0.134. The Kier molecular flexibility index (Phi) is 6.52. The van der Waals surface area contributed by atoms with Crippen LogP contribution in [0, 0.1) is 17.8 Å². The van der Waals surface area contributed by atoms with E-state index >= 15 is 0 Å². The van der Waals surface area contributed by atoms with Crippen molar-refractivity contribution in [2.45, 2.75) is 33.1 Å². The summed E-state index contributed by atoms with van der Waals surface area (Å²) in [6.07, 6.45) is 3.54. The first-order valence-corrected chi connectivity index (χ1v) is 6.67. The molecule has 3 unspecified atom stereocenters. The standard InChI is InChI=1S/C13H25NO3/c1-3-17-13(16)10(2)7-14-8-11-5-4-6-12(11)9-15/h10-12,14-15H,3-9H2,1-2H3. The Morgan fingerprint density at radius 2 is 2.18 bits per heavy atom. The Hall–Kier alpha value is -0.610. The summed E-state index contributed by atoms with van der Waals surface area (Å²) in [6.45, 7) is 5.99. The summed E-state index contributed by atoms with van der Waals surface area (Å²) >= 11 is 0. The van der Waals surface area contributed by atoms with Crippen LogP contribution < -0.4 is 5.32 Å². The molecule has 1 rings (SSSR count). The highest BCUT2D eigenvalue weighted by molar-refractivity contribution is 5.72. The second-order valence-electron chi connectivity index (χ2n) is 4.94. The zero-order valence-electron chi connectivity index (χ0n) is 10.9. The topological polar surface area (TPSA) is 58.6 Å². The number of carbonyl (C=O) groups excluding carboxylic acids is 1. The van der Waals surface area contributed by atoms with Gasteiger partial charge in [0.2, 0.25) is 0 Å². The van der Waals surface area contributed by atoms with Crippen LogP contribution in [0.2, 0.25) is 0 Å². The maximum Gasteiger partial charge on any atom is 0.309 e. The van der Waals surface area contributed by atoms with E-state index in [1.165, 1.54) is 12.8 Å². The molecule has 0 aromatic rings. The number of nitrogens with one attached hydrogen (secondary N) is 1. The predicted octanol–water partition coefficient (Wildman–Crippen LogP) is 1.18. The highest BCUT2D eigenvalue weighted by atomic mass is 16.5. The van der Waals surface area contributed by atoms with Gasteiger partial charge in [-0.3, -0.25) is 4.79 Å². The lowest BCUT2D eigenvalue weighted by Crippen LogP contribution is -2.33. The monoisotopic (exact) mass is 243 g/mol. The third-order valence-corrected chi connectivity index (χ3v) is 3.60. The van der Waals surface area contributed by atoms with Gasteiger partial charge >= 0.3 is 5.97 Å². The second kappa shape index (κ2) is 7.67.